The summed E-state index contributed by atoms with van der Waals surface area (Å²) in [6.45, 7) is 6.70. The van der Waals surface area contributed by atoms with E-state index in [9.17, 15) is 23.6 Å². The Balaban J connectivity index is 2.48. The smallest absolute Gasteiger partial charge is 0.334 e. The van der Waals surface area contributed by atoms with Crippen LogP contribution in [0, 0.1) is 5.82 Å². The van der Waals surface area contributed by atoms with E-state index >= 15 is 0 Å². The van der Waals surface area contributed by atoms with Crippen LogP contribution in [0.25, 0.3) is 0 Å². The Morgan fingerprint density at radius 1 is 1.12 bits per heavy atom. The standard InChI is InChI=1S/C24H29ClFNO6S/c1-5-11-33-24(31)17-10-8-7-9-16(17)22(29)27(15(4)28)20-13-21(18(25)12-19(20)26)34-14(3)23(30)32-6-2/h12-14H,5-11H2,1-4H3. The summed E-state index contributed by atoms with van der Waals surface area (Å²) in [6.07, 6.45) is 2.60. The van der Waals surface area contributed by atoms with Crippen molar-refractivity contribution in [1.29, 1.82) is 0 Å². The first-order valence-corrected chi connectivity index (χ1v) is 12.4. The van der Waals surface area contributed by atoms with E-state index in [1.807, 2.05) is 6.92 Å². The molecular formula is C24H29ClFNO6S. The molecule has 1 aromatic carbocycles. The van der Waals surface area contributed by atoms with Crippen LogP contribution in [0.15, 0.2) is 28.2 Å². The van der Waals surface area contributed by atoms with E-state index in [0.717, 1.165) is 24.8 Å². The number of benzene rings is 1. The monoisotopic (exact) mass is 513 g/mol. The lowest BCUT2D eigenvalue weighted by Crippen LogP contribution is -2.38. The zero-order chi connectivity index (χ0) is 25.4. The number of imide groups is 1. The van der Waals surface area contributed by atoms with E-state index in [2.05, 4.69) is 0 Å². The molecule has 1 aromatic rings. The van der Waals surface area contributed by atoms with Crippen molar-refractivity contribution in [3.8, 4) is 0 Å². The molecule has 0 bridgehead atoms. The van der Waals surface area contributed by atoms with Crippen LogP contribution in [0.3, 0.4) is 0 Å². The summed E-state index contributed by atoms with van der Waals surface area (Å²) in [5, 5.41) is -0.628. The largest absolute Gasteiger partial charge is 0.465 e. The molecule has 34 heavy (non-hydrogen) atoms. The maximum atomic E-state index is 15.0. The molecule has 2 rings (SSSR count). The molecule has 1 unspecified atom stereocenters. The van der Waals surface area contributed by atoms with E-state index < -0.39 is 34.8 Å². The van der Waals surface area contributed by atoms with Crippen molar-refractivity contribution < 1.29 is 33.0 Å². The molecule has 0 radical (unpaired) electrons. The number of thioether (sulfide) groups is 1. The van der Waals surface area contributed by atoms with Crippen LogP contribution >= 0.6 is 23.4 Å². The van der Waals surface area contributed by atoms with E-state index in [0.29, 0.717) is 35.5 Å². The number of ether oxygens (including phenoxy) is 2. The van der Waals surface area contributed by atoms with Gasteiger partial charge in [0.2, 0.25) is 5.91 Å². The molecular weight excluding hydrogens is 485 g/mol. The molecule has 186 valence electrons. The van der Waals surface area contributed by atoms with Crippen LogP contribution in [0.1, 0.15) is 59.8 Å². The maximum Gasteiger partial charge on any atom is 0.334 e. The van der Waals surface area contributed by atoms with Gasteiger partial charge in [0.05, 0.1) is 23.9 Å². The summed E-state index contributed by atoms with van der Waals surface area (Å²) in [4.78, 5) is 51.5. The summed E-state index contributed by atoms with van der Waals surface area (Å²) in [7, 11) is 0. The Morgan fingerprint density at radius 3 is 2.35 bits per heavy atom. The van der Waals surface area contributed by atoms with Crippen molar-refractivity contribution in [1.82, 2.24) is 0 Å². The fraction of sp³-hybridized carbons (Fsp3) is 0.500. The number of hydrogen-bond donors (Lipinski definition) is 0. The van der Waals surface area contributed by atoms with E-state index in [1.54, 1.807) is 13.8 Å². The Bertz CT molecular complexity index is 996. The average molecular weight is 514 g/mol. The van der Waals surface area contributed by atoms with Gasteiger partial charge < -0.3 is 9.47 Å². The summed E-state index contributed by atoms with van der Waals surface area (Å²) in [6, 6.07) is 2.25. The highest BCUT2D eigenvalue weighted by atomic mass is 35.5. The van der Waals surface area contributed by atoms with Gasteiger partial charge in [0.25, 0.3) is 5.91 Å². The molecule has 0 aliphatic heterocycles. The van der Waals surface area contributed by atoms with Crippen LogP contribution in [0.5, 0.6) is 0 Å². The quantitative estimate of drug-likeness (QED) is 0.330. The minimum absolute atomic E-state index is 0.0269. The number of amides is 2. The van der Waals surface area contributed by atoms with Crippen LogP contribution in [0.4, 0.5) is 10.1 Å². The third-order valence-electron chi connectivity index (χ3n) is 5.09. The highest BCUT2D eigenvalue weighted by Gasteiger charge is 2.32. The van der Waals surface area contributed by atoms with Crippen LogP contribution in [0.2, 0.25) is 5.02 Å². The zero-order valence-electron chi connectivity index (χ0n) is 19.7. The second-order valence-corrected chi connectivity index (χ2v) is 9.50. The molecule has 1 aliphatic carbocycles. The van der Waals surface area contributed by atoms with Gasteiger partial charge in [-0.1, -0.05) is 18.5 Å². The lowest BCUT2D eigenvalue weighted by Gasteiger charge is -2.26. The molecule has 0 heterocycles. The molecule has 7 nitrogen and oxygen atoms in total. The average Bonchev–Trinajstić information content (AvgIpc) is 2.80. The predicted octanol–water partition coefficient (Wildman–Crippen LogP) is 5.23. The molecule has 1 aliphatic rings. The normalized spacial score (nSPS) is 14.4. The van der Waals surface area contributed by atoms with Crippen molar-refractivity contribution in [3.05, 3.63) is 34.1 Å². The molecule has 10 heteroatoms. The zero-order valence-corrected chi connectivity index (χ0v) is 21.3. The first kappa shape index (κ1) is 27.9. The van der Waals surface area contributed by atoms with Gasteiger partial charge in [0.15, 0.2) is 0 Å². The number of anilines is 1. The van der Waals surface area contributed by atoms with E-state index in [4.69, 9.17) is 21.1 Å². The summed E-state index contributed by atoms with van der Waals surface area (Å²) in [5.74, 6) is -3.44. The first-order chi connectivity index (χ1) is 16.1. The number of carbonyl (C=O) groups excluding carboxylic acids is 4. The Hall–Kier alpha value is -2.39. The molecule has 2 amide bonds. The van der Waals surface area contributed by atoms with Gasteiger partial charge in [-0.15, -0.1) is 11.8 Å². The van der Waals surface area contributed by atoms with Crippen molar-refractivity contribution in [2.24, 2.45) is 0 Å². The van der Waals surface area contributed by atoms with Gasteiger partial charge in [-0.05, 0) is 58.1 Å². The lowest BCUT2D eigenvalue weighted by molar-refractivity contribution is -0.142. The van der Waals surface area contributed by atoms with Crippen LogP contribution < -0.4 is 4.90 Å². The van der Waals surface area contributed by atoms with Gasteiger partial charge in [0, 0.05) is 23.0 Å². The maximum absolute atomic E-state index is 15.0. The van der Waals surface area contributed by atoms with Gasteiger partial charge in [-0.25, -0.2) is 14.1 Å². The highest BCUT2D eigenvalue weighted by molar-refractivity contribution is 8.00. The van der Waals surface area contributed by atoms with E-state index in [1.165, 1.54) is 6.07 Å². The third kappa shape index (κ3) is 6.82. The molecule has 0 fully saturated rings. The summed E-state index contributed by atoms with van der Waals surface area (Å²) < 4.78 is 25.2. The molecule has 0 aromatic heterocycles. The van der Waals surface area contributed by atoms with Gasteiger partial charge in [-0.2, -0.15) is 0 Å². The van der Waals surface area contributed by atoms with Gasteiger partial charge >= 0.3 is 11.9 Å². The Labute approximate surface area is 208 Å². The minimum atomic E-state index is -0.881. The van der Waals surface area contributed by atoms with Crippen molar-refractivity contribution >= 4 is 52.8 Å². The minimum Gasteiger partial charge on any atom is -0.465 e. The van der Waals surface area contributed by atoms with Crippen molar-refractivity contribution in [3.63, 3.8) is 0 Å². The van der Waals surface area contributed by atoms with Gasteiger partial charge in [0.1, 0.15) is 11.1 Å². The number of hydrogen-bond acceptors (Lipinski definition) is 7. The number of halogens is 2. The fourth-order valence-corrected chi connectivity index (χ4v) is 4.66. The Morgan fingerprint density at radius 2 is 1.76 bits per heavy atom. The van der Waals surface area contributed by atoms with Crippen molar-refractivity contribution in [2.45, 2.75) is 69.9 Å². The number of nitrogens with zero attached hydrogens (tertiary/aromatic N) is 1. The molecule has 1 atom stereocenters. The number of carbonyl (C=O) groups is 4. The third-order valence-corrected chi connectivity index (χ3v) is 6.65. The molecule has 0 spiro atoms. The molecule has 0 saturated heterocycles. The van der Waals surface area contributed by atoms with Crippen LogP contribution in [-0.2, 0) is 28.7 Å². The SMILES string of the molecule is CCCOC(=O)C1=C(C(=O)N(C(C)=O)c2cc(SC(C)C(=O)OCC)c(Cl)cc2F)CCCC1. The van der Waals surface area contributed by atoms with E-state index in [-0.39, 0.29) is 41.5 Å². The second kappa shape index (κ2) is 12.9. The number of rotatable bonds is 9. The van der Waals surface area contributed by atoms with Crippen molar-refractivity contribution in [2.75, 3.05) is 18.1 Å². The summed E-state index contributed by atoms with van der Waals surface area (Å²) in [5.41, 5.74) is 0.0571. The van der Waals surface area contributed by atoms with Crippen LogP contribution in [-0.4, -0.2) is 42.2 Å². The lowest BCUT2D eigenvalue weighted by atomic mass is 9.90. The topological polar surface area (TPSA) is 90.0 Å². The summed E-state index contributed by atoms with van der Waals surface area (Å²) >= 11 is 7.20. The predicted molar refractivity (Wildman–Crippen MR) is 128 cm³/mol. The fourth-order valence-electron chi connectivity index (χ4n) is 3.48. The number of esters is 2. The molecule has 0 N–H and O–H groups in total. The second-order valence-electron chi connectivity index (χ2n) is 7.71. The Kier molecular flexibility index (Phi) is 10.6. The first-order valence-electron chi connectivity index (χ1n) is 11.2. The molecule has 0 saturated carbocycles. The van der Waals surface area contributed by atoms with Gasteiger partial charge in [-0.3, -0.25) is 14.4 Å². The highest BCUT2D eigenvalue weighted by Crippen LogP contribution is 2.37.